The van der Waals surface area contributed by atoms with Crippen molar-refractivity contribution in [1.82, 2.24) is 0 Å². The van der Waals surface area contributed by atoms with Gasteiger partial charge < -0.3 is 31.5 Å². The van der Waals surface area contributed by atoms with Gasteiger partial charge in [-0.15, -0.1) is 0 Å². The van der Waals surface area contributed by atoms with E-state index in [1.165, 1.54) is 0 Å². The third-order valence-corrected chi connectivity index (χ3v) is 3.36. The topological polar surface area (TPSA) is 153 Å². The highest BCUT2D eigenvalue weighted by atomic mass is 16.4. The number of nitrogens with one attached hydrogen (secondary N) is 1. The lowest BCUT2D eigenvalue weighted by atomic mass is 10.0. The van der Waals surface area contributed by atoms with E-state index in [2.05, 4.69) is 5.32 Å². The van der Waals surface area contributed by atoms with E-state index in [9.17, 15) is 14.7 Å². The fraction of sp³-hybridized carbons (Fsp3) is 0.222. The van der Waals surface area contributed by atoms with Crippen LogP contribution in [-0.4, -0.2) is 51.1 Å². The van der Waals surface area contributed by atoms with Gasteiger partial charge in [0.2, 0.25) is 0 Å². The smallest absolute Gasteiger partial charge is 0.328 e. The number of para-hydroxylation sites is 1. The molecule has 0 aromatic heterocycles. The number of hydrogen-bond acceptors (Lipinski definition) is 6. The summed E-state index contributed by atoms with van der Waals surface area (Å²) in [5.41, 5.74) is 6.44. The van der Waals surface area contributed by atoms with Crippen LogP contribution < -0.4 is 11.1 Å². The number of carboxylic acids is 2. The van der Waals surface area contributed by atoms with Crippen LogP contribution in [0.4, 0.5) is 5.69 Å². The van der Waals surface area contributed by atoms with Crippen molar-refractivity contribution in [3.05, 3.63) is 66.2 Å². The fourth-order valence-corrected chi connectivity index (χ4v) is 1.91. The Labute approximate surface area is 150 Å². The normalized spacial score (nSPS) is 13.5. The average molecular weight is 362 g/mol. The molecule has 3 unspecified atom stereocenters. The van der Waals surface area contributed by atoms with E-state index in [0.29, 0.717) is 11.3 Å². The van der Waals surface area contributed by atoms with Gasteiger partial charge in [-0.3, -0.25) is 4.79 Å². The van der Waals surface area contributed by atoms with Crippen molar-refractivity contribution >= 4 is 17.6 Å². The molecular weight excluding hydrogens is 340 g/mol. The van der Waals surface area contributed by atoms with Crippen molar-refractivity contribution in [1.29, 1.82) is 0 Å². The average Bonchev–Trinajstić information content (AvgIpc) is 2.66. The zero-order chi connectivity index (χ0) is 19.5. The first-order chi connectivity index (χ1) is 12.4. The lowest BCUT2D eigenvalue weighted by Gasteiger charge is -2.14. The number of benzene rings is 2. The Kier molecular flexibility index (Phi) is 8.79. The summed E-state index contributed by atoms with van der Waals surface area (Å²) in [4.78, 5) is 20.9. The second-order valence-electron chi connectivity index (χ2n) is 5.30. The van der Waals surface area contributed by atoms with Crippen molar-refractivity contribution in [3.8, 4) is 0 Å². The minimum atomic E-state index is -1.28. The van der Waals surface area contributed by atoms with Crippen molar-refractivity contribution in [2.24, 2.45) is 5.73 Å². The Morgan fingerprint density at radius 1 is 0.923 bits per heavy atom. The van der Waals surface area contributed by atoms with E-state index in [0.717, 1.165) is 0 Å². The first kappa shape index (κ1) is 21.1. The Hall–Kier alpha value is -2.94. The van der Waals surface area contributed by atoms with Crippen LogP contribution in [0.2, 0.25) is 0 Å². The van der Waals surface area contributed by atoms with Gasteiger partial charge in [-0.2, -0.15) is 0 Å². The third-order valence-electron chi connectivity index (χ3n) is 3.36. The van der Waals surface area contributed by atoms with Crippen LogP contribution in [0.15, 0.2) is 60.7 Å². The molecule has 2 aromatic carbocycles. The maximum absolute atomic E-state index is 10.5. The summed E-state index contributed by atoms with van der Waals surface area (Å²) < 4.78 is 0. The van der Waals surface area contributed by atoms with Crippen LogP contribution in [0.25, 0.3) is 0 Å². The van der Waals surface area contributed by atoms with E-state index in [1.807, 2.05) is 6.07 Å². The molecule has 26 heavy (non-hydrogen) atoms. The summed E-state index contributed by atoms with van der Waals surface area (Å²) in [5.74, 6) is -2.28. The molecule has 3 atom stereocenters. The summed E-state index contributed by atoms with van der Waals surface area (Å²) >= 11 is 0. The largest absolute Gasteiger partial charge is 0.480 e. The molecule has 0 aliphatic carbocycles. The summed E-state index contributed by atoms with van der Waals surface area (Å²) in [6.45, 7) is -0.426. The molecule has 2 rings (SSSR count). The highest BCUT2D eigenvalue weighted by molar-refractivity contribution is 5.77. The highest BCUT2D eigenvalue weighted by Crippen LogP contribution is 2.14. The Morgan fingerprint density at radius 3 is 1.85 bits per heavy atom. The molecule has 0 radical (unpaired) electrons. The van der Waals surface area contributed by atoms with E-state index in [4.69, 9.17) is 21.1 Å². The molecule has 0 saturated carbocycles. The standard InChI is InChI=1S/2C9H11NO3/c11-6-8(9(12)13)10-7-4-2-1-3-5-7;10-7(9(12)13)8(11)6-4-2-1-3-5-6/h1-5,8,10-11H,6H2,(H,12,13);1-5,7-8,11H,10H2,(H,12,13). The van der Waals surface area contributed by atoms with Gasteiger partial charge in [-0.25, -0.2) is 4.79 Å². The molecule has 2 aromatic rings. The molecule has 0 amide bonds. The van der Waals surface area contributed by atoms with Crippen molar-refractivity contribution in [3.63, 3.8) is 0 Å². The number of rotatable bonds is 7. The molecule has 0 heterocycles. The van der Waals surface area contributed by atoms with Crippen LogP contribution in [0.5, 0.6) is 0 Å². The number of hydrogen-bond donors (Lipinski definition) is 6. The summed E-state index contributed by atoms with van der Waals surface area (Å²) in [7, 11) is 0. The van der Waals surface area contributed by atoms with Gasteiger partial charge in [0.25, 0.3) is 0 Å². The summed E-state index contributed by atoms with van der Waals surface area (Å²) in [6, 6.07) is 15.2. The van der Waals surface area contributed by atoms with E-state index in [1.54, 1.807) is 54.6 Å². The van der Waals surface area contributed by atoms with Gasteiger partial charge in [0.1, 0.15) is 18.2 Å². The predicted molar refractivity (Wildman–Crippen MR) is 95.6 cm³/mol. The first-order valence-electron chi connectivity index (χ1n) is 7.73. The molecule has 140 valence electrons. The molecule has 8 heteroatoms. The van der Waals surface area contributed by atoms with Crippen molar-refractivity contribution in [2.75, 3.05) is 11.9 Å². The van der Waals surface area contributed by atoms with Crippen LogP contribution in [0.3, 0.4) is 0 Å². The molecule has 0 aliphatic heterocycles. The van der Waals surface area contributed by atoms with Gasteiger partial charge in [-0.1, -0.05) is 48.5 Å². The van der Waals surface area contributed by atoms with Crippen molar-refractivity contribution < 1.29 is 30.0 Å². The van der Waals surface area contributed by atoms with Crippen molar-refractivity contribution in [2.45, 2.75) is 18.2 Å². The second-order valence-corrected chi connectivity index (χ2v) is 5.30. The first-order valence-corrected chi connectivity index (χ1v) is 7.73. The highest BCUT2D eigenvalue weighted by Gasteiger charge is 2.22. The van der Waals surface area contributed by atoms with Crippen LogP contribution >= 0.6 is 0 Å². The number of aliphatic carboxylic acids is 2. The molecular formula is C18H22N2O6. The Morgan fingerprint density at radius 2 is 1.42 bits per heavy atom. The molecule has 0 spiro atoms. The number of carbonyl (C=O) groups is 2. The molecule has 0 saturated heterocycles. The maximum atomic E-state index is 10.5. The van der Waals surface area contributed by atoms with E-state index < -0.39 is 36.7 Å². The lowest BCUT2D eigenvalue weighted by Crippen LogP contribution is -2.36. The molecule has 8 nitrogen and oxygen atoms in total. The summed E-state index contributed by atoms with van der Waals surface area (Å²) in [6.07, 6.45) is -1.15. The number of carboxylic acid groups (broad SMARTS) is 2. The van der Waals surface area contributed by atoms with E-state index in [-0.39, 0.29) is 0 Å². The van der Waals surface area contributed by atoms with Crippen LogP contribution in [-0.2, 0) is 9.59 Å². The SMILES string of the molecule is NC(C(=O)O)C(O)c1ccccc1.O=C(O)C(CO)Nc1ccccc1. The zero-order valence-electron chi connectivity index (χ0n) is 13.9. The Bertz CT molecular complexity index is 669. The molecule has 7 N–H and O–H groups in total. The van der Waals surface area contributed by atoms with Gasteiger partial charge in [0.05, 0.1) is 6.61 Å². The summed E-state index contributed by atoms with van der Waals surface area (Å²) in [5, 5.41) is 38.0. The zero-order valence-corrected chi connectivity index (χ0v) is 13.9. The lowest BCUT2D eigenvalue weighted by molar-refractivity contribution is -0.141. The van der Waals surface area contributed by atoms with Gasteiger partial charge in [0, 0.05) is 5.69 Å². The molecule has 0 bridgehead atoms. The number of aliphatic hydroxyl groups is 2. The quantitative estimate of drug-likeness (QED) is 0.420. The maximum Gasteiger partial charge on any atom is 0.328 e. The molecule has 0 fully saturated rings. The monoisotopic (exact) mass is 362 g/mol. The predicted octanol–water partition coefficient (Wildman–Crippen LogP) is 0.676. The fourth-order valence-electron chi connectivity index (χ4n) is 1.91. The number of anilines is 1. The van der Waals surface area contributed by atoms with Crippen LogP contribution in [0.1, 0.15) is 11.7 Å². The number of nitrogens with two attached hydrogens (primary N) is 1. The number of aliphatic hydroxyl groups excluding tert-OH is 2. The Balaban J connectivity index is 0.000000260. The van der Waals surface area contributed by atoms with Gasteiger partial charge in [-0.05, 0) is 17.7 Å². The van der Waals surface area contributed by atoms with E-state index >= 15 is 0 Å². The third kappa shape index (κ3) is 6.89. The minimum absolute atomic E-state index is 0.426. The minimum Gasteiger partial charge on any atom is -0.480 e. The molecule has 0 aliphatic rings. The van der Waals surface area contributed by atoms with Gasteiger partial charge in [0.15, 0.2) is 0 Å². The van der Waals surface area contributed by atoms with Gasteiger partial charge >= 0.3 is 11.9 Å². The second kappa shape index (κ2) is 10.8. The van der Waals surface area contributed by atoms with Crippen LogP contribution in [0, 0.1) is 0 Å².